The summed E-state index contributed by atoms with van der Waals surface area (Å²) in [4.78, 5) is 39.8. The van der Waals surface area contributed by atoms with Gasteiger partial charge in [0, 0.05) is 23.9 Å². The fourth-order valence-corrected chi connectivity index (χ4v) is 3.70. The molecule has 0 fully saturated rings. The Kier molecular flexibility index (Phi) is 6.78. The number of benzene rings is 1. The van der Waals surface area contributed by atoms with Crippen LogP contribution in [0.5, 0.6) is 0 Å². The summed E-state index contributed by atoms with van der Waals surface area (Å²) in [5.74, 6) is -0.608. The summed E-state index contributed by atoms with van der Waals surface area (Å²) in [6, 6.07) is 10.5. The second-order valence-electron chi connectivity index (χ2n) is 5.48. The zero-order chi connectivity index (χ0) is 18.4. The van der Waals surface area contributed by atoms with Gasteiger partial charge in [-0.25, -0.2) is 4.79 Å². The van der Waals surface area contributed by atoms with Crippen molar-refractivity contribution in [3.63, 3.8) is 0 Å². The van der Waals surface area contributed by atoms with Crippen molar-refractivity contribution < 1.29 is 19.1 Å². The topological polar surface area (TPSA) is 63.7 Å². The van der Waals surface area contributed by atoms with Crippen molar-refractivity contribution in [3.05, 3.63) is 51.7 Å². The Morgan fingerprint density at radius 1 is 1.12 bits per heavy atom. The third kappa shape index (κ3) is 5.44. The van der Waals surface area contributed by atoms with Gasteiger partial charge in [0.25, 0.3) is 0 Å². The first-order chi connectivity index (χ1) is 11.9. The van der Waals surface area contributed by atoms with Crippen LogP contribution in [0.3, 0.4) is 0 Å². The van der Waals surface area contributed by atoms with E-state index in [9.17, 15) is 14.4 Å². The lowest BCUT2D eigenvalue weighted by atomic mass is 10.2. The Labute approximate surface area is 155 Å². The molecule has 1 amide bonds. The van der Waals surface area contributed by atoms with Crippen LogP contribution in [0.15, 0.2) is 41.3 Å². The van der Waals surface area contributed by atoms with Crippen molar-refractivity contribution in [3.8, 4) is 0 Å². The normalized spacial score (nSPS) is 10.4. The van der Waals surface area contributed by atoms with E-state index in [1.807, 2.05) is 13.0 Å². The molecule has 0 radical (unpaired) electrons. The number of carbonyl (C=O) groups excluding carboxylic acids is 3. The number of Topliss-reactive ketones (excluding diaryl/α,β-unsaturated/α-hetero) is 1. The Morgan fingerprint density at radius 2 is 1.84 bits per heavy atom. The maximum Gasteiger partial charge on any atom is 0.339 e. The third-order valence-electron chi connectivity index (χ3n) is 3.31. The minimum atomic E-state index is -0.568. The first-order valence-electron chi connectivity index (χ1n) is 7.57. The van der Waals surface area contributed by atoms with E-state index in [0.29, 0.717) is 15.3 Å². The molecule has 5 nitrogen and oxygen atoms in total. The molecule has 0 aliphatic heterocycles. The molecule has 0 saturated heterocycles. The van der Waals surface area contributed by atoms with Crippen molar-refractivity contribution in [1.29, 1.82) is 0 Å². The van der Waals surface area contributed by atoms with Crippen LogP contribution >= 0.6 is 23.1 Å². The van der Waals surface area contributed by atoms with E-state index in [2.05, 4.69) is 0 Å². The number of thiophene rings is 1. The third-order valence-corrected chi connectivity index (χ3v) is 5.41. The van der Waals surface area contributed by atoms with Gasteiger partial charge in [0.1, 0.15) is 0 Å². The fourth-order valence-electron chi connectivity index (χ4n) is 1.89. The van der Waals surface area contributed by atoms with Gasteiger partial charge in [0.15, 0.2) is 6.61 Å². The van der Waals surface area contributed by atoms with Gasteiger partial charge in [0.2, 0.25) is 11.7 Å². The molecule has 2 aromatic rings. The second kappa shape index (κ2) is 8.82. The predicted octanol–water partition coefficient (Wildman–Crippen LogP) is 3.28. The van der Waals surface area contributed by atoms with Gasteiger partial charge in [-0.3, -0.25) is 9.59 Å². The number of aryl methyl sites for hydroxylation is 1. The number of rotatable bonds is 7. The molecule has 1 heterocycles. The second-order valence-corrected chi connectivity index (χ2v) is 7.79. The molecule has 7 heteroatoms. The van der Waals surface area contributed by atoms with Crippen LogP contribution in [0.2, 0.25) is 0 Å². The lowest BCUT2D eigenvalue weighted by molar-refractivity contribution is -0.125. The maximum absolute atomic E-state index is 12.3. The molecule has 0 aliphatic rings. The van der Waals surface area contributed by atoms with Crippen LogP contribution in [-0.2, 0) is 9.53 Å². The smallest absolute Gasteiger partial charge is 0.339 e. The Hall–Kier alpha value is -2.12. The summed E-state index contributed by atoms with van der Waals surface area (Å²) >= 11 is 2.64. The molecular weight excluding hydrogens is 358 g/mol. The zero-order valence-electron chi connectivity index (χ0n) is 14.3. The Balaban J connectivity index is 1.99. The average molecular weight is 377 g/mol. The minimum absolute atomic E-state index is 0.0450. The summed E-state index contributed by atoms with van der Waals surface area (Å²) in [5.41, 5.74) is 0.356. The van der Waals surface area contributed by atoms with Crippen LogP contribution in [0.1, 0.15) is 24.9 Å². The molecule has 0 saturated carbocycles. The largest absolute Gasteiger partial charge is 0.454 e. The van der Waals surface area contributed by atoms with Crippen molar-refractivity contribution in [2.24, 2.45) is 0 Å². The lowest BCUT2D eigenvalue weighted by Crippen LogP contribution is -2.23. The number of hydrogen-bond acceptors (Lipinski definition) is 6. The highest BCUT2D eigenvalue weighted by atomic mass is 32.2. The van der Waals surface area contributed by atoms with E-state index >= 15 is 0 Å². The molecule has 1 aromatic heterocycles. The Bertz CT molecular complexity index is 783. The standard InChI is InChI=1S/C18H19NO4S2/c1-12-8-9-16(25-12)14(20)10-23-18(22)13-6-4-5-7-15(13)24-11-17(21)19(2)3/h4-9H,10-11H2,1-3H3. The summed E-state index contributed by atoms with van der Waals surface area (Å²) in [6.45, 7) is 1.62. The molecule has 0 atom stereocenters. The monoisotopic (exact) mass is 377 g/mol. The van der Waals surface area contributed by atoms with Crippen LogP contribution in [0, 0.1) is 6.92 Å². The van der Waals surface area contributed by atoms with E-state index in [4.69, 9.17) is 4.74 Å². The summed E-state index contributed by atoms with van der Waals surface area (Å²) in [7, 11) is 3.36. The van der Waals surface area contributed by atoms with Crippen LogP contribution in [0.25, 0.3) is 0 Å². The molecule has 132 valence electrons. The number of esters is 1. The number of nitrogens with zero attached hydrogens (tertiary/aromatic N) is 1. The van der Waals surface area contributed by atoms with Crippen molar-refractivity contribution in [1.82, 2.24) is 4.90 Å². The van der Waals surface area contributed by atoms with Gasteiger partial charge in [0.05, 0.1) is 16.2 Å². The number of hydrogen-bond donors (Lipinski definition) is 0. The highest BCUT2D eigenvalue weighted by molar-refractivity contribution is 8.00. The molecule has 0 bridgehead atoms. The van der Waals surface area contributed by atoms with E-state index < -0.39 is 5.97 Å². The van der Waals surface area contributed by atoms with Gasteiger partial charge in [-0.2, -0.15) is 0 Å². The molecule has 25 heavy (non-hydrogen) atoms. The highest BCUT2D eigenvalue weighted by Crippen LogP contribution is 2.24. The van der Waals surface area contributed by atoms with Crippen LogP contribution in [-0.4, -0.2) is 49.0 Å². The molecule has 2 rings (SSSR count). The van der Waals surface area contributed by atoms with E-state index in [1.54, 1.807) is 44.4 Å². The number of ketones is 1. The summed E-state index contributed by atoms with van der Waals surface area (Å²) < 4.78 is 5.16. The van der Waals surface area contributed by atoms with E-state index in [1.165, 1.54) is 28.0 Å². The fraction of sp³-hybridized carbons (Fsp3) is 0.278. The van der Waals surface area contributed by atoms with Gasteiger partial charge in [-0.05, 0) is 31.2 Å². The van der Waals surface area contributed by atoms with Gasteiger partial charge >= 0.3 is 5.97 Å². The Morgan fingerprint density at radius 3 is 2.48 bits per heavy atom. The first kappa shape index (κ1) is 19.2. The average Bonchev–Trinajstić information content (AvgIpc) is 3.03. The number of carbonyl (C=O) groups is 3. The van der Waals surface area contributed by atoms with Gasteiger partial charge in [-0.15, -0.1) is 23.1 Å². The zero-order valence-corrected chi connectivity index (χ0v) is 15.9. The number of amides is 1. The van der Waals surface area contributed by atoms with Crippen molar-refractivity contribution >= 4 is 40.8 Å². The van der Waals surface area contributed by atoms with Crippen LogP contribution in [0.4, 0.5) is 0 Å². The van der Waals surface area contributed by atoms with Crippen molar-refractivity contribution in [2.75, 3.05) is 26.5 Å². The first-order valence-corrected chi connectivity index (χ1v) is 9.37. The highest BCUT2D eigenvalue weighted by Gasteiger charge is 2.17. The van der Waals surface area contributed by atoms with E-state index in [-0.39, 0.29) is 24.1 Å². The molecule has 0 spiro atoms. The maximum atomic E-state index is 12.3. The quantitative estimate of drug-likeness (QED) is 0.421. The summed E-state index contributed by atoms with van der Waals surface area (Å²) in [5, 5.41) is 0. The van der Waals surface area contributed by atoms with E-state index in [0.717, 1.165) is 4.88 Å². The molecular formula is C18H19NO4S2. The van der Waals surface area contributed by atoms with Gasteiger partial charge < -0.3 is 9.64 Å². The minimum Gasteiger partial charge on any atom is -0.454 e. The molecule has 0 N–H and O–H groups in total. The predicted molar refractivity (Wildman–Crippen MR) is 99.5 cm³/mol. The summed E-state index contributed by atoms with van der Waals surface area (Å²) in [6.07, 6.45) is 0. The van der Waals surface area contributed by atoms with Crippen molar-refractivity contribution in [2.45, 2.75) is 11.8 Å². The SMILES string of the molecule is Cc1ccc(C(=O)COC(=O)c2ccccc2SCC(=O)N(C)C)s1. The van der Waals surface area contributed by atoms with Crippen LogP contribution < -0.4 is 0 Å². The number of ether oxygens (including phenoxy) is 1. The number of thioether (sulfide) groups is 1. The molecule has 1 aromatic carbocycles. The lowest BCUT2D eigenvalue weighted by Gasteiger charge is -2.11. The van der Waals surface area contributed by atoms with Gasteiger partial charge in [-0.1, -0.05) is 12.1 Å². The molecule has 0 unspecified atom stereocenters. The molecule has 0 aliphatic carbocycles.